The van der Waals surface area contributed by atoms with E-state index in [9.17, 15) is 9.90 Å². The van der Waals surface area contributed by atoms with Gasteiger partial charge < -0.3 is 14.6 Å². The highest BCUT2D eigenvalue weighted by Gasteiger charge is 2.14. The second-order valence-electron chi connectivity index (χ2n) is 7.05. The van der Waals surface area contributed by atoms with Gasteiger partial charge in [-0.2, -0.15) is 0 Å². The van der Waals surface area contributed by atoms with Gasteiger partial charge in [-0.05, 0) is 55.3 Å². The summed E-state index contributed by atoms with van der Waals surface area (Å²) >= 11 is 1.69. The van der Waals surface area contributed by atoms with Crippen LogP contribution in [-0.4, -0.2) is 22.8 Å². The zero-order valence-corrected chi connectivity index (χ0v) is 17.7. The van der Waals surface area contributed by atoms with Crippen molar-refractivity contribution < 1.29 is 5.11 Å². The van der Waals surface area contributed by atoms with Crippen molar-refractivity contribution in [3.8, 4) is 27.3 Å². The SMILES string of the molecule is CCN(CC)c1ccc(-c2cc3c(s2)c(-c2ccc(O)cc2)cc(=O)n3C)cc1. The van der Waals surface area contributed by atoms with Crippen LogP contribution in [0.3, 0.4) is 0 Å². The third kappa shape index (κ3) is 3.54. The first-order chi connectivity index (χ1) is 14.0. The van der Waals surface area contributed by atoms with E-state index in [-0.39, 0.29) is 11.3 Å². The molecular formula is C24H24N2O2S. The molecule has 0 fully saturated rings. The van der Waals surface area contributed by atoms with Crippen molar-refractivity contribution in [1.29, 1.82) is 0 Å². The molecule has 0 saturated carbocycles. The van der Waals surface area contributed by atoms with E-state index in [2.05, 4.69) is 49.1 Å². The van der Waals surface area contributed by atoms with Crippen molar-refractivity contribution in [1.82, 2.24) is 4.57 Å². The van der Waals surface area contributed by atoms with Crippen molar-refractivity contribution in [2.24, 2.45) is 7.05 Å². The van der Waals surface area contributed by atoms with Gasteiger partial charge in [0.25, 0.3) is 5.56 Å². The highest BCUT2D eigenvalue weighted by molar-refractivity contribution is 7.22. The molecule has 1 N–H and O–H groups in total. The standard InChI is InChI=1S/C24H24N2O2S/c1-4-26(5-2)18-10-6-17(7-11-18)22-15-21-24(29-22)20(14-23(28)25(21)3)16-8-12-19(27)13-9-16/h6-15,27H,4-5H2,1-3H3. The van der Waals surface area contributed by atoms with E-state index in [1.54, 1.807) is 34.1 Å². The van der Waals surface area contributed by atoms with Gasteiger partial charge in [-0.3, -0.25) is 4.79 Å². The number of hydrogen-bond acceptors (Lipinski definition) is 4. The number of rotatable bonds is 5. The maximum Gasteiger partial charge on any atom is 0.251 e. The summed E-state index contributed by atoms with van der Waals surface area (Å²) in [6, 6.07) is 19.4. The lowest BCUT2D eigenvalue weighted by atomic mass is 10.1. The Kier molecular flexibility index (Phi) is 5.16. The highest BCUT2D eigenvalue weighted by atomic mass is 32.1. The molecule has 2 aromatic heterocycles. The average Bonchev–Trinajstić information content (AvgIpc) is 3.19. The molecular weight excluding hydrogens is 380 g/mol. The Morgan fingerprint density at radius 1 is 0.931 bits per heavy atom. The maximum atomic E-state index is 12.5. The zero-order chi connectivity index (χ0) is 20.5. The molecule has 0 aliphatic rings. The van der Waals surface area contributed by atoms with E-state index < -0.39 is 0 Å². The predicted octanol–water partition coefficient (Wildman–Crippen LogP) is 5.49. The predicted molar refractivity (Wildman–Crippen MR) is 123 cm³/mol. The lowest BCUT2D eigenvalue weighted by Gasteiger charge is -2.21. The minimum atomic E-state index is -0.0400. The third-order valence-corrected chi connectivity index (χ3v) is 6.58. The van der Waals surface area contributed by atoms with Gasteiger partial charge in [-0.15, -0.1) is 11.3 Å². The zero-order valence-electron chi connectivity index (χ0n) is 16.8. The first-order valence-corrected chi connectivity index (χ1v) is 10.6. The molecule has 148 valence electrons. The molecule has 0 atom stereocenters. The Balaban J connectivity index is 1.83. The van der Waals surface area contributed by atoms with Crippen LogP contribution >= 0.6 is 11.3 Å². The number of aryl methyl sites for hydroxylation is 1. The van der Waals surface area contributed by atoms with Crippen LogP contribution in [0.4, 0.5) is 5.69 Å². The number of phenols is 1. The fourth-order valence-corrected chi connectivity index (χ4v) is 4.88. The van der Waals surface area contributed by atoms with Crippen molar-refractivity contribution in [3.05, 3.63) is 71.0 Å². The summed E-state index contributed by atoms with van der Waals surface area (Å²) < 4.78 is 2.77. The number of thiophene rings is 1. The van der Waals surface area contributed by atoms with Crippen LogP contribution in [0.5, 0.6) is 5.75 Å². The molecule has 2 aromatic carbocycles. The topological polar surface area (TPSA) is 45.5 Å². The minimum absolute atomic E-state index is 0.0400. The summed E-state index contributed by atoms with van der Waals surface area (Å²) in [7, 11) is 1.81. The molecule has 4 rings (SSSR count). The van der Waals surface area contributed by atoms with E-state index in [0.717, 1.165) is 44.9 Å². The fraction of sp³-hybridized carbons (Fsp3) is 0.208. The monoisotopic (exact) mass is 404 g/mol. The first-order valence-electron chi connectivity index (χ1n) is 9.80. The largest absolute Gasteiger partial charge is 0.508 e. The Hall–Kier alpha value is -3.05. The van der Waals surface area contributed by atoms with Crippen LogP contribution in [-0.2, 0) is 7.05 Å². The minimum Gasteiger partial charge on any atom is -0.508 e. The molecule has 2 heterocycles. The molecule has 0 amide bonds. The summed E-state index contributed by atoms with van der Waals surface area (Å²) in [6.45, 7) is 6.29. The van der Waals surface area contributed by atoms with Crippen LogP contribution in [0.1, 0.15) is 13.8 Å². The molecule has 0 aliphatic heterocycles. The molecule has 0 unspecified atom stereocenters. The van der Waals surface area contributed by atoms with Gasteiger partial charge >= 0.3 is 0 Å². The summed E-state index contributed by atoms with van der Waals surface area (Å²) in [5, 5.41) is 9.60. The second-order valence-corrected chi connectivity index (χ2v) is 8.10. The number of nitrogens with zero attached hydrogens (tertiary/aromatic N) is 2. The first kappa shape index (κ1) is 19.3. The van der Waals surface area contributed by atoms with Gasteiger partial charge in [-0.1, -0.05) is 24.3 Å². The lowest BCUT2D eigenvalue weighted by Crippen LogP contribution is -2.21. The molecule has 0 saturated heterocycles. The van der Waals surface area contributed by atoms with Crippen LogP contribution in [0, 0.1) is 0 Å². The smallest absolute Gasteiger partial charge is 0.251 e. The van der Waals surface area contributed by atoms with Crippen LogP contribution in [0.2, 0.25) is 0 Å². The van der Waals surface area contributed by atoms with Gasteiger partial charge in [0.1, 0.15) is 5.75 Å². The van der Waals surface area contributed by atoms with Crippen LogP contribution in [0.25, 0.3) is 31.8 Å². The van der Waals surface area contributed by atoms with Crippen molar-refractivity contribution in [3.63, 3.8) is 0 Å². The Bertz CT molecular complexity index is 1200. The molecule has 0 aliphatic carbocycles. The summed E-state index contributed by atoms with van der Waals surface area (Å²) in [5.41, 5.74) is 5.08. The van der Waals surface area contributed by atoms with E-state index >= 15 is 0 Å². The summed E-state index contributed by atoms with van der Waals surface area (Å²) in [5.74, 6) is 0.217. The average molecular weight is 405 g/mol. The van der Waals surface area contributed by atoms with Crippen LogP contribution < -0.4 is 10.5 Å². The Labute approximate surface area is 174 Å². The summed E-state index contributed by atoms with van der Waals surface area (Å²) in [6.07, 6.45) is 0. The highest BCUT2D eigenvalue weighted by Crippen LogP contribution is 2.39. The van der Waals surface area contributed by atoms with E-state index in [4.69, 9.17) is 0 Å². The number of benzene rings is 2. The number of fused-ring (bicyclic) bond motifs is 1. The fourth-order valence-electron chi connectivity index (χ4n) is 3.65. The number of phenolic OH excluding ortho intramolecular Hbond substituents is 1. The van der Waals surface area contributed by atoms with Crippen LogP contribution in [0.15, 0.2) is 65.5 Å². The van der Waals surface area contributed by atoms with Crippen molar-refractivity contribution >= 4 is 27.2 Å². The Morgan fingerprint density at radius 2 is 1.55 bits per heavy atom. The number of anilines is 1. The van der Waals surface area contributed by atoms with E-state index in [1.165, 1.54) is 5.69 Å². The molecule has 0 spiro atoms. The molecule has 0 radical (unpaired) electrons. The van der Waals surface area contributed by atoms with E-state index in [1.807, 2.05) is 19.2 Å². The maximum absolute atomic E-state index is 12.5. The second kappa shape index (κ2) is 7.76. The Morgan fingerprint density at radius 3 is 2.17 bits per heavy atom. The normalized spacial score (nSPS) is 11.1. The number of aromatic nitrogens is 1. The van der Waals surface area contributed by atoms with Crippen molar-refractivity contribution in [2.45, 2.75) is 13.8 Å². The van der Waals surface area contributed by atoms with Gasteiger partial charge in [-0.25, -0.2) is 0 Å². The quantitative estimate of drug-likeness (QED) is 0.479. The van der Waals surface area contributed by atoms with Gasteiger partial charge in [0.05, 0.1) is 10.2 Å². The molecule has 4 aromatic rings. The number of pyridine rings is 1. The van der Waals surface area contributed by atoms with E-state index in [0.29, 0.717) is 0 Å². The van der Waals surface area contributed by atoms with Gasteiger partial charge in [0, 0.05) is 42.3 Å². The number of hydrogen-bond donors (Lipinski definition) is 1. The number of aromatic hydroxyl groups is 1. The van der Waals surface area contributed by atoms with Gasteiger partial charge in [0.15, 0.2) is 0 Å². The molecule has 0 bridgehead atoms. The molecule has 4 nitrogen and oxygen atoms in total. The van der Waals surface area contributed by atoms with Gasteiger partial charge in [0.2, 0.25) is 0 Å². The lowest BCUT2D eigenvalue weighted by molar-refractivity contribution is 0.475. The molecule has 29 heavy (non-hydrogen) atoms. The summed E-state index contributed by atoms with van der Waals surface area (Å²) in [4.78, 5) is 16.0. The third-order valence-electron chi connectivity index (χ3n) is 5.38. The van der Waals surface area contributed by atoms with Crippen molar-refractivity contribution in [2.75, 3.05) is 18.0 Å². The molecule has 5 heteroatoms.